The zero-order chi connectivity index (χ0) is 25.3. The van der Waals surface area contributed by atoms with Crippen LogP contribution in [0, 0.1) is 17.6 Å². The molecule has 0 N–H and O–H groups in total. The fourth-order valence-electron chi connectivity index (χ4n) is 5.12. The van der Waals surface area contributed by atoms with Crippen LogP contribution >= 0.6 is 0 Å². The number of alkyl halides is 4. The molecule has 0 radical (unpaired) electrons. The molecule has 35 heavy (non-hydrogen) atoms. The molecule has 2 aliphatic carbocycles. The summed E-state index contributed by atoms with van der Waals surface area (Å²) in [6.07, 6.45) is -4.23. The second kappa shape index (κ2) is 10.2. The van der Waals surface area contributed by atoms with E-state index >= 15 is 17.6 Å². The minimum Gasteiger partial charge on any atom is -0.491 e. The van der Waals surface area contributed by atoms with Crippen LogP contribution in [0.2, 0.25) is 0 Å². The molecule has 8 heteroatoms. The molecule has 0 aliphatic heterocycles. The maximum atomic E-state index is 15.3. The number of benzene rings is 2. The molecule has 0 aromatic heterocycles. The number of rotatable bonds is 8. The zero-order valence-corrected chi connectivity index (χ0v) is 19.4. The van der Waals surface area contributed by atoms with Gasteiger partial charge >= 0.3 is 6.11 Å². The van der Waals surface area contributed by atoms with E-state index in [0.717, 1.165) is 25.0 Å². The second-order valence-corrected chi connectivity index (χ2v) is 9.11. The molecule has 2 nitrogen and oxygen atoms in total. The highest BCUT2D eigenvalue weighted by Crippen LogP contribution is 2.53. The maximum absolute atomic E-state index is 15.3. The first kappa shape index (κ1) is 25.6. The smallest absolute Gasteiger partial charge is 0.386 e. The Morgan fingerprint density at radius 1 is 0.943 bits per heavy atom. The molecular weight excluding hydrogens is 470 g/mol. The first-order valence-corrected chi connectivity index (χ1v) is 11.9. The number of fused-ring (bicyclic) bond motifs is 3. The Hall–Kier alpha value is -2.48. The normalized spacial score (nSPS) is 24.0. The Balaban J connectivity index is 1.62. The van der Waals surface area contributed by atoms with Crippen LogP contribution in [0.3, 0.4) is 0 Å². The van der Waals surface area contributed by atoms with E-state index in [-0.39, 0.29) is 23.5 Å². The highest BCUT2D eigenvalue weighted by Gasteiger charge is 2.45. The average molecular weight is 499 g/mol. The van der Waals surface area contributed by atoms with Gasteiger partial charge in [-0.25, -0.2) is 17.6 Å². The van der Waals surface area contributed by atoms with E-state index in [1.807, 2.05) is 6.08 Å². The van der Waals surface area contributed by atoms with Crippen molar-refractivity contribution in [2.75, 3.05) is 6.61 Å². The molecule has 2 aliphatic rings. The number of hydrogen-bond acceptors (Lipinski definition) is 2. The first-order chi connectivity index (χ1) is 16.7. The Morgan fingerprint density at radius 2 is 1.54 bits per heavy atom. The van der Waals surface area contributed by atoms with E-state index in [9.17, 15) is 8.78 Å². The molecule has 0 amide bonds. The van der Waals surface area contributed by atoms with Gasteiger partial charge in [-0.15, -0.1) is 6.58 Å². The lowest BCUT2D eigenvalue weighted by atomic mass is 9.81. The molecule has 2 aromatic carbocycles. The summed E-state index contributed by atoms with van der Waals surface area (Å²) in [5, 5.41) is 0. The van der Waals surface area contributed by atoms with Gasteiger partial charge in [-0.2, -0.15) is 8.78 Å². The van der Waals surface area contributed by atoms with Crippen molar-refractivity contribution < 1.29 is 35.8 Å². The lowest BCUT2D eigenvalue weighted by molar-refractivity contribution is -0.279. The number of halogens is 6. The Labute approximate surface area is 200 Å². The third kappa shape index (κ3) is 4.82. The summed E-state index contributed by atoms with van der Waals surface area (Å²) in [5.74, 6) is -2.53. The van der Waals surface area contributed by atoms with Gasteiger partial charge in [0.05, 0.1) is 18.3 Å². The SMILES string of the molecule is C=CCCC1CCC(OC(F)(F)c2ccc3c(c2F)C(F)C(F)c2c-3ccc(OCC)c2F)CC1. The lowest BCUT2D eigenvalue weighted by Gasteiger charge is -2.32. The largest absolute Gasteiger partial charge is 0.491 e. The summed E-state index contributed by atoms with van der Waals surface area (Å²) in [5.41, 5.74) is -2.91. The van der Waals surface area contributed by atoms with Crippen molar-refractivity contribution in [1.82, 2.24) is 0 Å². The molecule has 2 atom stereocenters. The Kier molecular flexibility index (Phi) is 7.50. The molecule has 0 heterocycles. The Bertz CT molecular complexity index is 1080. The van der Waals surface area contributed by atoms with Crippen molar-refractivity contribution in [3.05, 3.63) is 65.2 Å². The first-order valence-electron chi connectivity index (χ1n) is 11.9. The molecule has 0 saturated heterocycles. The molecule has 4 rings (SSSR count). The van der Waals surface area contributed by atoms with Crippen molar-refractivity contribution in [3.8, 4) is 16.9 Å². The molecule has 1 fully saturated rings. The quantitative estimate of drug-likeness (QED) is 0.268. The lowest BCUT2D eigenvalue weighted by Crippen LogP contribution is -2.31. The van der Waals surface area contributed by atoms with Crippen molar-refractivity contribution in [3.63, 3.8) is 0 Å². The van der Waals surface area contributed by atoms with Crippen LogP contribution in [0.5, 0.6) is 5.75 Å². The third-order valence-electron chi connectivity index (χ3n) is 6.92. The van der Waals surface area contributed by atoms with E-state index in [2.05, 4.69) is 6.58 Å². The summed E-state index contributed by atoms with van der Waals surface area (Å²) in [4.78, 5) is 0. The molecule has 2 aromatic rings. The topological polar surface area (TPSA) is 18.5 Å². The zero-order valence-electron chi connectivity index (χ0n) is 19.4. The minimum atomic E-state index is -4.03. The van der Waals surface area contributed by atoms with Gasteiger partial charge in [0.25, 0.3) is 0 Å². The van der Waals surface area contributed by atoms with Gasteiger partial charge in [0.1, 0.15) is 5.82 Å². The standard InChI is InChI=1S/C27H28F6O2/c1-3-5-6-15-7-9-16(10-8-15)35-27(32,33)19-13-11-17-18-12-14-20(34-4-2)24(29)22(18)26(31)25(30)21(17)23(19)28/h3,11-16,25-26H,1,4-10H2,2H3. The van der Waals surface area contributed by atoms with E-state index in [1.54, 1.807) is 6.92 Å². The van der Waals surface area contributed by atoms with Crippen LogP contribution in [-0.2, 0) is 10.8 Å². The second-order valence-electron chi connectivity index (χ2n) is 9.11. The van der Waals surface area contributed by atoms with E-state index in [0.29, 0.717) is 31.6 Å². The summed E-state index contributed by atoms with van der Waals surface area (Å²) >= 11 is 0. The van der Waals surface area contributed by atoms with Crippen LogP contribution < -0.4 is 4.74 Å². The van der Waals surface area contributed by atoms with Gasteiger partial charge in [0.2, 0.25) is 0 Å². The summed E-state index contributed by atoms with van der Waals surface area (Å²) < 4.78 is 100. The van der Waals surface area contributed by atoms with E-state index in [1.165, 1.54) is 12.1 Å². The number of allylic oxidation sites excluding steroid dienone is 1. The van der Waals surface area contributed by atoms with Crippen LogP contribution in [-0.4, -0.2) is 12.7 Å². The van der Waals surface area contributed by atoms with Crippen LogP contribution in [0.4, 0.5) is 26.3 Å². The summed E-state index contributed by atoms with van der Waals surface area (Å²) in [6, 6.07) is 4.36. The summed E-state index contributed by atoms with van der Waals surface area (Å²) in [7, 11) is 0. The minimum absolute atomic E-state index is 0.102. The van der Waals surface area contributed by atoms with Gasteiger partial charge < -0.3 is 9.47 Å². The van der Waals surface area contributed by atoms with Crippen molar-refractivity contribution in [2.45, 2.75) is 70.0 Å². The van der Waals surface area contributed by atoms with Crippen LogP contribution in [0.15, 0.2) is 36.9 Å². The molecule has 1 saturated carbocycles. The van der Waals surface area contributed by atoms with Crippen molar-refractivity contribution in [2.24, 2.45) is 5.92 Å². The predicted molar refractivity (Wildman–Crippen MR) is 121 cm³/mol. The molecule has 0 spiro atoms. The van der Waals surface area contributed by atoms with Gasteiger partial charge in [-0.1, -0.05) is 18.2 Å². The molecule has 0 bridgehead atoms. The molecule has 2 unspecified atom stereocenters. The predicted octanol–water partition coefficient (Wildman–Crippen LogP) is 8.66. The molecular formula is C27H28F6O2. The summed E-state index contributed by atoms with van der Waals surface area (Å²) in [6.45, 7) is 5.39. The van der Waals surface area contributed by atoms with Gasteiger partial charge in [-0.05, 0) is 74.6 Å². The number of hydrogen-bond donors (Lipinski definition) is 0. The van der Waals surface area contributed by atoms with Gasteiger partial charge in [-0.3, -0.25) is 0 Å². The third-order valence-corrected chi connectivity index (χ3v) is 6.92. The highest BCUT2D eigenvalue weighted by atomic mass is 19.3. The number of ether oxygens (including phenoxy) is 2. The van der Waals surface area contributed by atoms with E-state index < -0.39 is 52.9 Å². The van der Waals surface area contributed by atoms with Crippen molar-refractivity contribution >= 4 is 0 Å². The van der Waals surface area contributed by atoms with Gasteiger partial charge in [0.15, 0.2) is 23.9 Å². The van der Waals surface area contributed by atoms with Gasteiger partial charge in [0, 0.05) is 11.1 Å². The van der Waals surface area contributed by atoms with E-state index in [4.69, 9.17) is 9.47 Å². The molecule has 190 valence electrons. The highest BCUT2D eigenvalue weighted by molar-refractivity contribution is 5.76. The van der Waals surface area contributed by atoms with Crippen LogP contribution in [0.25, 0.3) is 11.1 Å². The fraction of sp³-hybridized carbons (Fsp3) is 0.481. The monoisotopic (exact) mass is 498 g/mol. The maximum Gasteiger partial charge on any atom is 0.386 e. The average Bonchev–Trinajstić information content (AvgIpc) is 2.83. The van der Waals surface area contributed by atoms with Crippen LogP contribution in [0.1, 0.15) is 74.5 Å². The Morgan fingerprint density at radius 3 is 2.14 bits per heavy atom. The fourth-order valence-corrected chi connectivity index (χ4v) is 5.12. The van der Waals surface area contributed by atoms with Crippen molar-refractivity contribution in [1.29, 1.82) is 0 Å².